The highest BCUT2D eigenvalue weighted by Gasteiger charge is 2.11. The molecule has 14 heavy (non-hydrogen) atoms. The molecule has 0 spiro atoms. The molecule has 0 radical (unpaired) electrons. The maximum absolute atomic E-state index is 13.2. The van der Waals surface area contributed by atoms with E-state index >= 15 is 0 Å². The number of hydrogen-bond donors (Lipinski definition) is 3. The van der Waals surface area contributed by atoms with Crippen LogP contribution in [0.3, 0.4) is 0 Å². The molecule has 4 nitrogen and oxygen atoms in total. The summed E-state index contributed by atoms with van der Waals surface area (Å²) in [4.78, 5) is 6.82. The summed E-state index contributed by atoms with van der Waals surface area (Å²) >= 11 is 0. The average Bonchev–Trinajstić information content (AvgIpc) is 2.62. The number of nitrogens with zero attached hydrogens (tertiary/aromatic N) is 1. The van der Waals surface area contributed by atoms with Crippen molar-refractivity contribution in [1.29, 1.82) is 0 Å². The number of nitrogens with one attached hydrogen (secondary N) is 1. The summed E-state index contributed by atoms with van der Waals surface area (Å²) in [7, 11) is 0. The van der Waals surface area contributed by atoms with Crippen LogP contribution in [0.15, 0.2) is 18.2 Å². The Morgan fingerprint density at radius 3 is 3.00 bits per heavy atom. The first kappa shape index (κ1) is 9.11. The first-order valence-electron chi connectivity index (χ1n) is 4.23. The normalized spacial score (nSPS) is 13.4. The largest absolute Gasteiger partial charge is 0.394 e. The smallest absolute Gasteiger partial charge is 0.151 e. The van der Waals surface area contributed by atoms with Gasteiger partial charge in [-0.25, -0.2) is 9.37 Å². The molecular formula is C9H10FN3O. The van der Waals surface area contributed by atoms with Crippen LogP contribution in [0.25, 0.3) is 11.0 Å². The third kappa shape index (κ3) is 1.36. The molecule has 2 rings (SSSR count). The van der Waals surface area contributed by atoms with Gasteiger partial charge in [0.05, 0.1) is 18.2 Å². The van der Waals surface area contributed by atoms with Gasteiger partial charge in [-0.15, -0.1) is 0 Å². The lowest BCUT2D eigenvalue weighted by molar-refractivity contribution is 0.264. The molecule has 0 aliphatic carbocycles. The van der Waals surface area contributed by atoms with Gasteiger partial charge in [0.1, 0.15) is 11.3 Å². The molecule has 0 aliphatic heterocycles. The van der Waals surface area contributed by atoms with Gasteiger partial charge in [-0.1, -0.05) is 6.07 Å². The molecule has 4 N–H and O–H groups in total. The van der Waals surface area contributed by atoms with E-state index < -0.39 is 11.9 Å². The van der Waals surface area contributed by atoms with Crippen molar-refractivity contribution >= 4 is 11.0 Å². The van der Waals surface area contributed by atoms with Gasteiger partial charge in [0.25, 0.3) is 0 Å². The highest BCUT2D eigenvalue weighted by Crippen LogP contribution is 2.17. The van der Waals surface area contributed by atoms with Gasteiger partial charge in [0.15, 0.2) is 5.82 Å². The van der Waals surface area contributed by atoms with Gasteiger partial charge >= 0.3 is 0 Å². The molecule has 0 saturated heterocycles. The Kier molecular flexibility index (Phi) is 2.18. The summed E-state index contributed by atoms with van der Waals surface area (Å²) in [6.45, 7) is -0.221. The number of imidazole rings is 1. The SMILES string of the molecule is NC(CO)c1nc2c(F)cccc2[nH]1. The number of halogens is 1. The standard InChI is InChI=1S/C9H10FN3O/c10-5-2-1-3-7-8(5)13-9(12-7)6(11)4-14/h1-3,6,14H,4,11H2,(H,12,13). The van der Waals surface area contributed by atoms with Gasteiger partial charge in [0, 0.05) is 0 Å². The molecule has 0 aliphatic rings. The molecule has 1 aromatic heterocycles. The van der Waals surface area contributed by atoms with Crippen molar-refractivity contribution in [2.24, 2.45) is 5.73 Å². The number of aliphatic hydroxyl groups excluding tert-OH is 1. The minimum Gasteiger partial charge on any atom is -0.394 e. The van der Waals surface area contributed by atoms with E-state index in [1.54, 1.807) is 12.1 Å². The van der Waals surface area contributed by atoms with E-state index in [-0.39, 0.29) is 12.1 Å². The molecule has 2 aromatic rings. The molecule has 0 saturated carbocycles. The fourth-order valence-electron chi connectivity index (χ4n) is 1.28. The Morgan fingerprint density at radius 2 is 2.36 bits per heavy atom. The van der Waals surface area contributed by atoms with Gasteiger partial charge in [0.2, 0.25) is 0 Å². The number of aliphatic hydroxyl groups is 1. The summed E-state index contributed by atoms with van der Waals surface area (Å²) in [5, 5.41) is 8.80. The number of nitrogens with two attached hydrogens (primary N) is 1. The fraction of sp³-hybridized carbons (Fsp3) is 0.222. The molecule has 1 atom stereocenters. The number of benzene rings is 1. The van der Waals surface area contributed by atoms with E-state index in [0.29, 0.717) is 11.3 Å². The topological polar surface area (TPSA) is 74.9 Å². The van der Waals surface area contributed by atoms with E-state index in [4.69, 9.17) is 10.8 Å². The summed E-state index contributed by atoms with van der Waals surface area (Å²) < 4.78 is 13.2. The first-order chi connectivity index (χ1) is 6.72. The zero-order valence-electron chi connectivity index (χ0n) is 7.37. The van der Waals surface area contributed by atoms with Crippen molar-refractivity contribution in [3.63, 3.8) is 0 Å². The molecule has 0 bridgehead atoms. The second-order valence-corrected chi connectivity index (χ2v) is 3.05. The molecular weight excluding hydrogens is 185 g/mol. The van der Waals surface area contributed by atoms with Crippen LogP contribution in [0.5, 0.6) is 0 Å². The number of aromatic nitrogens is 2. The van der Waals surface area contributed by atoms with Crippen LogP contribution in [-0.2, 0) is 0 Å². The second-order valence-electron chi connectivity index (χ2n) is 3.05. The quantitative estimate of drug-likeness (QED) is 0.660. The Balaban J connectivity index is 2.56. The van der Waals surface area contributed by atoms with Crippen LogP contribution >= 0.6 is 0 Å². The Morgan fingerprint density at radius 1 is 1.57 bits per heavy atom. The van der Waals surface area contributed by atoms with Crippen molar-refractivity contribution in [3.8, 4) is 0 Å². The minimum atomic E-state index is -0.596. The van der Waals surface area contributed by atoms with Crippen LogP contribution in [0.2, 0.25) is 0 Å². The summed E-state index contributed by atoms with van der Waals surface area (Å²) in [5.41, 5.74) is 6.38. The lowest BCUT2D eigenvalue weighted by Crippen LogP contribution is -2.15. The molecule has 74 valence electrons. The second kappa shape index (κ2) is 3.36. The molecule has 1 heterocycles. The van der Waals surface area contributed by atoms with E-state index in [0.717, 1.165) is 0 Å². The first-order valence-corrected chi connectivity index (χ1v) is 4.23. The van der Waals surface area contributed by atoms with Crippen LogP contribution in [-0.4, -0.2) is 21.7 Å². The Labute approximate surface area is 79.6 Å². The summed E-state index contributed by atoms with van der Waals surface area (Å²) in [6, 6.07) is 4.03. The minimum absolute atomic E-state index is 0.221. The molecule has 1 aromatic carbocycles. The van der Waals surface area contributed by atoms with Crippen molar-refractivity contribution in [2.45, 2.75) is 6.04 Å². The Hall–Kier alpha value is -1.46. The predicted octanol–water partition coefficient (Wildman–Crippen LogP) is 0.694. The summed E-state index contributed by atoms with van der Waals surface area (Å²) in [5.74, 6) is 0.00254. The zero-order chi connectivity index (χ0) is 10.1. The monoisotopic (exact) mass is 195 g/mol. The number of hydrogen-bond acceptors (Lipinski definition) is 3. The van der Waals surface area contributed by atoms with E-state index in [9.17, 15) is 4.39 Å². The van der Waals surface area contributed by atoms with Gasteiger partial charge in [-0.2, -0.15) is 0 Å². The lowest BCUT2D eigenvalue weighted by Gasteiger charge is -2.01. The molecule has 0 fully saturated rings. The number of H-pyrrole nitrogens is 1. The maximum atomic E-state index is 13.2. The van der Waals surface area contributed by atoms with Gasteiger partial charge in [-0.3, -0.25) is 0 Å². The van der Waals surface area contributed by atoms with E-state index in [2.05, 4.69) is 9.97 Å². The van der Waals surface area contributed by atoms with Crippen molar-refractivity contribution in [3.05, 3.63) is 29.8 Å². The van der Waals surface area contributed by atoms with Crippen molar-refractivity contribution < 1.29 is 9.50 Å². The third-order valence-corrected chi connectivity index (χ3v) is 2.03. The predicted molar refractivity (Wildman–Crippen MR) is 50.1 cm³/mol. The number of aromatic amines is 1. The van der Waals surface area contributed by atoms with Crippen molar-refractivity contribution in [1.82, 2.24) is 9.97 Å². The van der Waals surface area contributed by atoms with Gasteiger partial charge < -0.3 is 15.8 Å². The fourth-order valence-corrected chi connectivity index (χ4v) is 1.28. The van der Waals surface area contributed by atoms with Crippen LogP contribution in [0.1, 0.15) is 11.9 Å². The van der Waals surface area contributed by atoms with E-state index in [1.807, 2.05) is 0 Å². The number of rotatable bonds is 2. The highest BCUT2D eigenvalue weighted by molar-refractivity contribution is 5.75. The zero-order valence-corrected chi connectivity index (χ0v) is 7.37. The third-order valence-electron chi connectivity index (χ3n) is 2.03. The Bertz CT molecular complexity index is 454. The number of para-hydroxylation sites is 1. The highest BCUT2D eigenvalue weighted by atomic mass is 19.1. The van der Waals surface area contributed by atoms with Crippen LogP contribution in [0, 0.1) is 5.82 Å². The molecule has 1 unspecified atom stereocenters. The summed E-state index contributed by atoms with van der Waals surface area (Å²) in [6.07, 6.45) is 0. The maximum Gasteiger partial charge on any atom is 0.151 e. The molecule has 0 amide bonds. The van der Waals surface area contributed by atoms with E-state index in [1.165, 1.54) is 6.07 Å². The molecule has 5 heteroatoms. The van der Waals surface area contributed by atoms with Crippen molar-refractivity contribution in [2.75, 3.05) is 6.61 Å². The van der Waals surface area contributed by atoms with Gasteiger partial charge in [-0.05, 0) is 12.1 Å². The number of fused-ring (bicyclic) bond motifs is 1. The van der Waals surface area contributed by atoms with Crippen LogP contribution in [0.4, 0.5) is 4.39 Å². The van der Waals surface area contributed by atoms with Crippen LogP contribution < -0.4 is 5.73 Å². The lowest BCUT2D eigenvalue weighted by atomic mass is 10.3. The average molecular weight is 195 g/mol.